The lowest BCUT2D eigenvalue weighted by Crippen LogP contribution is -2.40. The zero-order valence-corrected chi connectivity index (χ0v) is 15.5. The van der Waals surface area contributed by atoms with Gasteiger partial charge in [0, 0.05) is 25.3 Å². The van der Waals surface area contributed by atoms with Crippen LogP contribution < -0.4 is 9.64 Å². The fourth-order valence-electron chi connectivity index (χ4n) is 4.21. The smallest absolute Gasteiger partial charge is 0.200 e. The molecule has 0 bridgehead atoms. The van der Waals surface area contributed by atoms with Crippen molar-refractivity contribution in [3.63, 3.8) is 0 Å². The summed E-state index contributed by atoms with van der Waals surface area (Å²) in [4.78, 5) is 2.42. The van der Waals surface area contributed by atoms with Crippen LogP contribution in [0.25, 0.3) is 16.9 Å². The van der Waals surface area contributed by atoms with E-state index in [0.29, 0.717) is 5.41 Å². The Hall–Kier alpha value is -2.67. The highest BCUT2D eigenvalue weighted by Crippen LogP contribution is 2.41. The Morgan fingerprint density at radius 1 is 1.11 bits per heavy atom. The number of fused-ring (bicyclic) bond motifs is 1. The molecule has 2 fully saturated rings. The number of piperidine rings is 1. The Balaban J connectivity index is 1.49. The first-order valence-corrected chi connectivity index (χ1v) is 9.45. The summed E-state index contributed by atoms with van der Waals surface area (Å²) in [6, 6.07) is 10.1. The van der Waals surface area contributed by atoms with Crippen LogP contribution in [-0.2, 0) is 4.74 Å². The maximum Gasteiger partial charge on any atom is 0.200 e. The van der Waals surface area contributed by atoms with Gasteiger partial charge in [0.15, 0.2) is 0 Å². The number of hydrogen-bond acceptors (Lipinski definition) is 6. The summed E-state index contributed by atoms with van der Waals surface area (Å²) < 4.78 is 12.7. The molecular weight excluding hydrogens is 342 g/mol. The third-order valence-electron chi connectivity index (χ3n) is 5.98. The van der Waals surface area contributed by atoms with E-state index in [9.17, 15) is 0 Å². The van der Waals surface area contributed by atoms with Gasteiger partial charge in [-0.3, -0.25) is 0 Å². The highest BCUT2D eigenvalue weighted by Gasteiger charge is 2.38. The van der Waals surface area contributed by atoms with E-state index in [1.54, 1.807) is 18.0 Å². The third kappa shape index (κ3) is 2.92. The molecule has 1 aromatic carbocycles. The first kappa shape index (κ1) is 16.5. The minimum Gasteiger partial charge on any atom is -0.497 e. The standard InChI is InChI=1S/C20H23N5O2/c1-26-16-4-2-15(3-5-16)17-12-18(19-22-21-14-25(19)23-17)24-9-6-20(7-10-24)8-11-27-13-20/h2-5,12,14H,6-11,13H2,1H3. The van der Waals surface area contributed by atoms with Gasteiger partial charge in [-0.25, -0.2) is 0 Å². The summed E-state index contributed by atoms with van der Waals surface area (Å²) in [5, 5.41) is 13.1. The highest BCUT2D eigenvalue weighted by atomic mass is 16.5. The number of aromatic nitrogens is 4. The van der Waals surface area contributed by atoms with Crippen molar-refractivity contribution >= 4 is 11.3 Å². The molecule has 2 aliphatic rings. The second kappa shape index (κ2) is 6.49. The van der Waals surface area contributed by atoms with Gasteiger partial charge >= 0.3 is 0 Å². The molecule has 0 amide bonds. The van der Waals surface area contributed by atoms with Crippen molar-refractivity contribution in [2.75, 3.05) is 38.3 Å². The van der Waals surface area contributed by atoms with Crippen LogP contribution in [0, 0.1) is 5.41 Å². The van der Waals surface area contributed by atoms with E-state index in [0.717, 1.165) is 67.5 Å². The van der Waals surface area contributed by atoms with Crippen LogP contribution in [0.1, 0.15) is 19.3 Å². The second-order valence-electron chi connectivity index (χ2n) is 7.53. The van der Waals surface area contributed by atoms with Crippen LogP contribution in [0.2, 0.25) is 0 Å². The molecule has 27 heavy (non-hydrogen) atoms. The van der Waals surface area contributed by atoms with E-state index in [1.807, 2.05) is 24.3 Å². The van der Waals surface area contributed by atoms with Crippen LogP contribution in [0.5, 0.6) is 5.75 Å². The van der Waals surface area contributed by atoms with Crippen molar-refractivity contribution in [1.29, 1.82) is 0 Å². The Morgan fingerprint density at radius 3 is 2.63 bits per heavy atom. The van der Waals surface area contributed by atoms with Crippen LogP contribution in [0.3, 0.4) is 0 Å². The molecule has 4 heterocycles. The summed E-state index contributed by atoms with van der Waals surface area (Å²) in [6.07, 6.45) is 5.18. The lowest BCUT2D eigenvalue weighted by atomic mass is 9.78. The van der Waals surface area contributed by atoms with Gasteiger partial charge in [-0.2, -0.15) is 9.61 Å². The van der Waals surface area contributed by atoms with Gasteiger partial charge in [-0.15, -0.1) is 10.2 Å². The summed E-state index contributed by atoms with van der Waals surface area (Å²) in [5.74, 6) is 0.837. The second-order valence-corrected chi connectivity index (χ2v) is 7.53. The monoisotopic (exact) mass is 365 g/mol. The van der Waals surface area contributed by atoms with E-state index in [1.165, 1.54) is 6.42 Å². The lowest BCUT2D eigenvalue weighted by Gasteiger charge is -2.39. The lowest BCUT2D eigenvalue weighted by molar-refractivity contribution is 0.134. The average molecular weight is 365 g/mol. The van der Waals surface area contributed by atoms with Gasteiger partial charge in [-0.05, 0) is 55.0 Å². The predicted octanol–water partition coefficient (Wildman–Crippen LogP) is 2.81. The predicted molar refractivity (Wildman–Crippen MR) is 102 cm³/mol. The molecule has 0 unspecified atom stereocenters. The molecule has 7 nitrogen and oxygen atoms in total. The molecule has 5 rings (SSSR count). The van der Waals surface area contributed by atoms with Crippen molar-refractivity contribution in [2.45, 2.75) is 19.3 Å². The largest absolute Gasteiger partial charge is 0.497 e. The van der Waals surface area contributed by atoms with Crippen LogP contribution in [0.4, 0.5) is 5.69 Å². The number of hydrogen-bond donors (Lipinski definition) is 0. The molecule has 2 aromatic heterocycles. The number of ether oxygens (including phenoxy) is 2. The summed E-state index contributed by atoms with van der Waals surface area (Å²) in [7, 11) is 1.67. The Labute approximate surface area is 157 Å². The van der Waals surface area contributed by atoms with E-state index < -0.39 is 0 Å². The van der Waals surface area contributed by atoms with Crippen molar-refractivity contribution in [1.82, 2.24) is 19.8 Å². The summed E-state index contributed by atoms with van der Waals surface area (Å²) in [6.45, 7) is 3.84. The van der Waals surface area contributed by atoms with E-state index in [2.05, 4.69) is 21.2 Å². The van der Waals surface area contributed by atoms with E-state index in [-0.39, 0.29) is 0 Å². The first-order valence-electron chi connectivity index (χ1n) is 9.45. The van der Waals surface area contributed by atoms with Gasteiger partial charge in [0.1, 0.15) is 12.1 Å². The number of nitrogens with zero attached hydrogens (tertiary/aromatic N) is 5. The topological polar surface area (TPSA) is 64.8 Å². The van der Waals surface area contributed by atoms with Crippen molar-refractivity contribution < 1.29 is 9.47 Å². The van der Waals surface area contributed by atoms with Gasteiger partial charge in [0.2, 0.25) is 5.65 Å². The fourth-order valence-corrected chi connectivity index (χ4v) is 4.21. The van der Waals surface area contributed by atoms with E-state index >= 15 is 0 Å². The van der Waals surface area contributed by atoms with Crippen LogP contribution >= 0.6 is 0 Å². The third-order valence-corrected chi connectivity index (χ3v) is 5.98. The number of anilines is 1. The fraction of sp³-hybridized carbons (Fsp3) is 0.450. The molecule has 0 saturated carbocycles. The Morgan fingerprint density at radius 2 is 1.93 bits per heavy atom. The summed E-state index contributed by atoms with van der Waals surface area (Å²) in [5.41, 5.74) is 4.24. The number of benzene rings is 1. The zero-order chi connectivity index (χ0) is 18.3. The normalized spacial score (nSPS) is 19.1. The van der Waals surface area contributed by atoms with Crippen LogP contribution in [0.15, 0.2) is 36.7 Å². The molecule has 0 aliphatic carbocycles. The zero-order valence-electron chi connectivity index (χ0n) is 15.5. The van der Waals surface area contributed by atoms with Gasteiger partial charge in [0.25, 0.3) is 0 Å². The van der Waals surface area contributed by atoms with Gasteiger partial charge < -0.3 is 14.4 Å². The quantitative estimate of drug-likeness (QED) is 0.711. The molecule has 7 heteroatoms. The van der Waals surface area contributed by atoms with Crippen molar-refractivity contribution in [3.8, 4) is 17.0 Å². The molecule has 2 aliphatic heterocycles. The molecule has 140 valence electrons. The minimum absolute atomic E-state index is 0.381. The minimum atomic E-state index is 0.381. The SMILES string of the molecule is COc1ccc(-c2cc(N3CCC4(CCOC4)CC3)c3nncn3n2)cc1. The van der Waals surface area contributed by atoms with Gasteiger partial charge in [-0.1, -0.05) is 0 Å². The Kier molecular flexibility index (Phi) is 3.97. The molecule has 0 radical (unpaired) electrons. The summed E-state index contributed by atoms with van der Waals surface area (Å²) >= 11 is 0. The van der Waals surface area contributed by atoms with Crippen molar-refractivity contribution in [3.05, 3.63) is 36.7 Å². The first-order chi connectivity index (χ1) is 13.3. The maximum atomic E-state index is 5.67. The number of rotatable bonds is 3. The molecule has 2 saturated heterocycles. The molecule has 0 N–H and O–H groups in total. The number of methoxy groups -OCH3 is 1. The molecule has 1 spiro atoms. The van der Waals surface area contributed by atoms with Crippen molar-refractivity contribution in [2.24, 2.45) is 5.41 Å². The molecular formula is C20H23N5O2. The molecule has 3 aromatic rings. The van der Waals surface area contributed by atoms with Crippen LogP contribution in [-0.4, -0.2) is 53.2 Å². The molecule has 0 atom stereocenters. The Bertz CT molecular complexity index is 937. The maximum absolute atomic E-state index is 5.67. The van der Waals surface area contributed by atoms with Gasteiger partial charge in [0.05, 0.1) is 25.1 Å². The average Bonchev–Trinajstić information content (AvgIpc) is 3.38. The van der Waals surface area contributed by atoms with E-state index in [4.69, 9.17) is 14.6 Å². The highest BCUT2D eigenvalue weighted by molar-refractivity contribution is 5.74.